The van der Waals surface area contributed by atoms with Crippen molar-refractivity contribution in [2.45, 2.75) is 6.04 Å². The number of ether oxygens (including phenoxy) is 1. The number of nitrogens with one attached hydrogen (secondary N) is 2. The highest BCUT2D eigenvalue weighted by Crippen LogP contribution is 1.91. The van der Waals surface area contributed by atoms with Crippen LogP contribution in [-0.4, -0.2) is 47.0 Å². The van der Waals surface area contributed by atoms with Gasteiger partial charge in [-0.05, 0) is 0 Å². The first kappa shape index (κ1) is 9.91. The van der Waals surface area contributed by atoms with E-state index in [1.54, 1.807) is 0 Å². The predicted molar refractivity (Wildman–Crippen MR) is 45.5 cm³/mol. The van der Waals surface area contributed by atoms with Gasteiger partial charge in [-0.3, -0.25) is 0 Å². The summed E-state index contributed by atoms with van der Waals surface area (Å²) in [5.74, 6) is 0. The normalized spacial score (nSPS) is 25.6. The Kier molecular flexibility index (Phi) is 3.45. The Labute approximate surface area is 72.5 Å². The molecule has 1 fully saturated rings. The third kappa shape index (κ3) is 4.01. The fourth-order valence-corrected chi connectivity index (χ4v) is 1.51. The molecule has 1 aliphatic heterocycles. The van der Waals surface area contributed by atoms with Gasteiger partial charge < -0.3 is 10.1 Å². The molecule has 72 valence electrons. The minimum absolute atomic E-state index is 0.105. The van der Waals surface area contributed by atoms with Crippen molar-refractivity contribution in [1.82, 2.24) is 10.0 Å². The van der Waals surface area contributed by atoms with Gasteiger partial charge in [0, 0.05) is 19.1 Å². The van der Waals surface area contributed by atoms with Gasteiger partial charge in [-0.2, -0.15) is 0 Å². The number of morpholine rings is 1. The summed E-state index contributed by atoms with van der Waals surface area (Å²) in [6.07, 6.45) is 1.15. The lowest BCUT2D eigenvalue weighted by atomic mass is 10.3. The lowest BCUT2D eigenvalue weighted by Crippen LogP contribution is -2.48. The van der Waals surface area contributed by atoms with Crippen molar-refractivity contribution in [3.05, 3.63) is 0 Å². The highest BCUT2D eigenvalue weighted by Gasteiger charge is 2.13. The Morgan fingerprint density at radius 3 is 2.92 bits per heavy atom. The molecule has 0 aromatic rings. The van der Waals surface area contributed by atoms with Gasteiger partial charge in [0.15, 0.2) is 0 Å². The Bertz CT molecular complexity index is 221. The maximum absolute atomic E-state index is 10.7. The maximum atomic E-state index is 10.7. The summed E-state index contributed by atoms with van der Waals surface area (Å²) in [7, 11) is -3.07. The Morgan fingerprint density at radius 1 is 1.67 bits per heavy atom. The van der Waals surface area contributed by atoms with Crippen molar-refractivity contribution < 1.29 is 13.2 Å². The average Bonchev–Trinajstić information content (AvgIpc) is 2.02. The molecule has 0 aromatic carbocycles. The van der Waals surface area contributed by atoms with Crippen LogP contribution in [0.25, 0.3) is 0 Å². The van der Waals surface area contributed by atoms with Crippen LogP contribution in [0.5, 0.6) is 0 Å². The van der Waals surface area contributed by atoms with E-state index in [9.17, 15) is 8.42 Å². The third-order valence-electron chi connectivity index (χ3n) is 1.59. The molecular weight excluding hydrogens is 180 g/mol. The van der Waals surface area contributed by atoms with Crippen molar-refractivity contribution in [3.63, 3.8) is 0 Å². The molecule has 1 saturated heterocycles. The molecule has 1 atom stereocenters. The molecule has 0 spiro atoms. The molecule has 6 heteroatoms. The second kappa shape index (κ2) is 4.18. The van der Waals surface area contributed by atoms with E-state index in [0.29, 0.717) is 19.8 Å². The molecule has 1 rings (SSSR count). The van der Waals surface area contributed by atoms with E-state index < -0.39 is 10.0 Å². The van der Waals surface area contributed by atoms with Crippen LogP contribution < -0.4 is 10.0 Å². The number of sulfonamides is 1. The van der Waals surface area contributed by atoms with Gasteiger partial charge in [0.2, 0.25) is 10.0 Å². The van der Waals surface area contributed by atoms with Crippen LogP contribution in [0.3, 0.4) is 0 Å². The maximum Gasteiger partial charge on any atom is 0.208 e. The quantitative estimate of drug-likeness (QED) is 0.575. The van der Waals surface area contributed by atoms with Gasteiger partial charge in [-0.1, -0.05) is 0 Å². The third-order valence-corrected chi connectivity index (χ3v) is 2.28. The fraction of sp³-hybridized carbons (Fsp3) is 1.00. The van der Waals surface area contributed by atoms with Gasteiger partial charge >= 0.3 is 0 Å². The van der Waals surface area contributed by atoms with E-state index in [4.69, 9.17) is 4.74 Å². The first-order valence-corrected chi connectivity index (χ1v) is 5.73. The van der Waals surface area contributed by atoms with Crippen molar-refractivity contribution in [3.8, 4) is 0 Å². The molecule has 1 aliphatic rings. The van der Waals surface area contributed by atoms with Gasteiger partial charge in [0.05, 0.1) is 19.5 Å². The Balaban J connectivity index is 2.22. The molecule has 0 aliphatic carbocycles. The molecule has 2 N–H and O–H groups in total. The van der Waals surface area contributed by atoms with E-state index in [-0.39, 0.29) is 6.04 Å². The summed E-state index contributed by atoms with van der Waals surface area (Å²) in [6.45, 7) is 2.47. The number of rotatable bonds is 3. The molecule has 12 heavy (non-hydrogen) atoms. The summed E-state index contributed by atoms with van der Waals surface area (Å²) in [5.41, 5.74) is 0. The summed E-state index contributed by atoms with van der Waals surface area (Å²) < 4.78 is 29.0. The molecule has 0 unspecified atom stereocenters. The van der Waals surface area contributed by atoms with Crippen molar-refractivity contribution in [1.29, 1.82) is 0 Å². The van der Waals surface area contributed by atoms with Crippen molar-refractivity contribution in [2.75, 3.05) is 32.6 Å². The smallest absolute Gasteiger partial charge is 0.208 e. The molecular formula is C6H14N2O3S. The van der Waals surface area contributed by atoms with E-state index in [1.807, 2.05) is 0 Å². The zero-order valence-corrected chi connectivity index (χ0v) is 7.86. The summed E-state index contributed by atoms with van der Waals surface area (Å²) in [4.78, 5) is 0. The van der Waals surface area contributed by atoms with Crippen LogP contribution in [0, 0.1) is 0 Å². The van der Waals surface area contributed by atoms with Crippen LogP contribution >= 0.6 is 0 Å². The lowest BCUT2D eigenvalue weighted by molar-refractivity contribution is 0.0784. The molecule has 1 heterocycles. The Hall–Kier alpha value is -0.170. The zero-order chi connectivity index (χ0) is 9.03. The van der Waals surface area contributed by atoms with Gasteiger partial charge in [0.1, 0.15) is 0 Å². The highest BCUT2D eigenvalue weighted by molar-refractivity contribution is 7.88. The SMILES string of the molecule is CS(=O)(=O)NC[C@@H]1COCCN1. The lowest BCUT2D eigenvalue weighted by Gasteiger charge is -2.23. The van der Waals surface area contributed by atoms with Crippen LogP contribution in [0.4, 0.5) is 0 Å². The van der Waals surface area contributed by atoms with Gasteiger partial charge in [-0.15, -0.1) is 0 Å². The summed E-state index contributed by atoms with van der Waals surface area (Å²) >= 11 is 0. The molecule has 0 saturated carbocycles. The molecule has 0 aromatic heterocycles. The topological polar surface area (TPSA) is 67.4 Å². The zero-order valence-electron chi connectivity index (χ0n) is 7.04. The molecule has 0 bridgehead atoms. The van der Waals surface area contributed by atoms with Crippen LogP contribution in [0.15, 0.2) is 0 Å². The van der Waals surface area contributed by atoms with Gasteiger partial charge in [-0.25, -0.2) is 13.1 Å². The van der Waals surface area contributed by atoms with E-state index in [0.717, 1.165) is 12.8 Å². The average molecular weight is 194 g/mol. The summed E-state index contributed by atoms with van der Waals surface area (Å²) in [5, 5.41) is 3.14. The number of hydrogen-bond acceptors (Lipinski definition) is 4. The predicted octanol–water partition coefficient (Wildman–Crippen LogP) is -1.48. The monoisotopic (exact) mass is 194 g/mol. The molecule has 0 radical (unpaired) electrons. The second-order valence-electron chi connectivity index (χ2n) is 2.85. The van der Waals surface area contributed by atoms with Crippen LogP contribution in [0.2, 0.25) is 0 Å². The first-order valence-electron chi connectivity index (χ1n) is 3.84. The summed E-state index contributed by atoms with van der Waals surface area (Å²) in [6, 6.07) is 0.105. The molecule has 0 amide bonds. The first-order chi connectivity index (χ1) is 5.58. The number of hydrogen-bond donors (Lipinski definition) is 2. The van der Waals surface area contributed by atoms with E-state index in [2.05, 4.69) is 10.0 Å². The largest absolute Gasteiger partial charge is 0.378 e. The van der Waals surface area contributed by atoms with E-state index >= 15 is 0 Å². The van der Waals surface area contributed by atoms with Crippen molar-refractivity contribution in [2.24, 2.45) is 0 Å². The Morgan fingerprint density at radius 2 is 2.42 bits per heavy atom. The van der Waals surface area contributed by atoms with Crippen LogP contribution in [0.1, 0.15) is 0 Å². The van der Waals surface area contributed by atoms with E-state index in [1.165, 1.54) is 0 Å². The fourth-order valence-electron chi connectivity index (χ4n) is 1.00. The minimum atomic E-state index is -3.07. The van der Waals surface area contributed by atoms with Gasteiger partial charge in [0.25, 0.3) is 0 Å². The highest BCUT2D eigenvalue weighted by atomic mass is 32.2. The van der Waals surface area contributed by atoms with Crippen molar-refractivity contribution >= 4 is 10.0 Å². The van der Waals surface area contributed by atoms with Crippen LogP contribution in [-0.2, 0) is 14.8 Å². The minimum Gasteiger partial charge on any atom is -0.378 e. The standard InChI is InChI=1S/C6H14N2O3S/c1-12(9,10)8-4-6-5-11-3-2-7-6/h6-8H,2-5H2,1H3/t6-/m1/s1. The molecule has 5 nitrogen and oxygen atoms in total. The second-order valence-corrected chi connectivity index (χ2v) is 4.68.